The van der Waals surface area contributed by atoms with Gasteiger partial charge in [0.15, 0.2) is 5.82 Å². The Kier molecular flexibility index (Phi) is 9.66. The van der Waals surface area contributed by atoms with Crippen LogP contribution in [0.5, 0.6) is 5.75 Å². The minimum absolute atomic E-state index is 0.0743. The van der Waals surface area contributed by atoms with Gasteiger partial charge in [-0.2, -0.15) is 5.10 Å². The standard InChI is InChI=1S/C34H41N5O3/c1-25-22-39(26(2)21-37(25)23-27-10-5-4-6-11-27)33(30-12-9-13-31(20-30)42-3)28-15-17-29(18-16-28)34-35-24-38(36-34)19-8-7-14-32(40)41/h4-6,9-13,15-18,20,24-26,33H,7-8,14,19,21-23H2,1-3H3,(H,40,41). The number of carboxylic acids is 1. The molecule has 3 unspecified atom stereocenters. The number of aromatic nitrogens is 3. The molecule has 3 atom stereocenters. The highest BCUT2D eigenvalue weighted by Crippen LogP contribution is 2.35. The van der Waals surface area contributed by atoms with Gasteiger partial charge in [-0.15, -0.1) is 0 Å². The van der Waals surface area contributed by atoms with E-state index in [1.807, 2.05) is 6.07 Å². The van der Waals surface area contributed by atoms with Gasteiger partial charge in [0.05, 0.1) is 13.2 Å². The van der Waals surface area contributed by atoms with Crippen LogP contribution in [0.4, 0.5) is 0 Å². The lowest BCUT2D eigenvalue weighted by Gasteiger charge is -2.47. The van der Waals surface area contributed by atoms with Gasteiger partial charge in [0, 0.05) is 50.2 Å². The molecule has 0 aliphatic carbocycles. The molecule has 0 spiro atoms. The first kappa shape index (κ1) is 29.5. The average molecular weight is 568 g/mol. The van der Waals surface area contributed by atoms with E-state index in [0.717, 1.165) is 37.4 Å². The number of nitrogens with zero attached hydrogens (tertiary/aromatic N) is 5. The summed E-state index contributed by atoms with van der Waals surface area (Å²) in [7, 11) is 1.72. The van der Waals surface area contributed by atoms with Crippen LogP contribution in [0.1, 0.15) is 55.8 Å². The number of carbonyl (C=O) groups is 1. The van der Waals surface area contributed by atoms with Crippen molar-refractivity contribution in [3.8, 4) is 17.1 Å². The van der Waals surface area contributed by atoms with Crippen molar-refractivity contribution in [2.24, 2.45) is 0 Å². The maximum atomic E-state index is 10.8. The van der Waals surface area contributed by atoms with E-state index < -0.39 is 5.97 Å². The number of methoxy groups -OCH3 is 1. The first-order chi connectivity index (χ1) is 20.4. The fourth-order valence-corrected chi connectivity index (χ4v) is 5.91. The maximum Gasteiger partial charge on any atom is 0.303 e. The van der Waals surface area contributed by atoms with Crippen LogP contribution >= 0.6 is 0 Å². The Morgan fingerprint density at radius 1 is 0.952 bits per heavy atom. The Balaban J connectivity index is 1.36. The van der Waals surface area contributed by atoms with Gasteiger partial charge >= 0.3 is 5.97 Å². The lowest BCUT2D eigenvalue weighted by Crippen LogP contribution is -2.56. The summed E-state index contributed by atoms with van der Waals surface area (Å²) in [5.41, 5.74) is 4.74. The van der Waals surface area contributed by atoms with Crippen LogP contribution in [0, 0.1) is 0 Å². The van der Waals surface area contributed by atoms with Gasteiger partial charge in [-0.1, -0.05) is 66.7 Å². The lowest BCUT2D eigenvalue weighted by atomic mass is 9.92. The number of rotatable bonds is 12. The molecular formula is C34H41N5O3. The predicted molar refractivity (Wildman–Crippen MR) is 164 cm³/mol. The quantitative estimate of drug-likeness (QED) is 0.214. The molecule has 42 heavy (non-hydrogen) atoms. The van der Waals surface area contributed by atoms with Gasteiger partial charge in [-0.3, -0.25) is 19.3 Å². The van der Waals surface area contributed by atoms with E-state index in [1.165, 1.54) is 16.7 Å². The van der Waals surface area contributed by atoms with Crippen LogP contribution in [-0.4, -0.2) is 67.9 Å². The van der Waals surface area contributed by atoms with Crippen molar-refractivity contribution in [3.05, 3.63) is 102 Å². The van der Waals surface area contributed by atoms with Crippen molar-refractivity contribution in [2.75, 3.05) is 20.2 Å². The van der Waals surface area contributed by atoms with Crippen LogP contribution in [0.25, 0.3) is 11.4 Å². The molecule has 3 aromatic carbocycles. The van der Waals surface area contributed by atoms with E-state index in [1.54, 1.807) is 18.1 Å². The monoisotopic (exact) mass is 567 g/mol. The topological polar surface area (TPSA) is 83.7 Å². The number of hydrogen-bond donors (Lipinski definition) is 1. The number of aliphatic carboxylic acids is 1. The highest BCUT2D eigenvalue weighted by atomic mass is 16.5. The number of aryl methyl sites for hydroxylation is 1. The first-order valence-electron chi connectivity index (χ1n) is 14.8. The molecule has 4 aromatic rings. The smallest absolute Gasteiger partial charge is 0.303 e. The number of carboxylic acid groups (broad SMARTS) is 1. The second-order valence-corrected chi connectivity index (χ2v) is 11.3. The zero-order valence-corrected chi connectivity index (χ0v) is 24.8. The number of hydrogen-bond acceptors (Lipinski definition) is 6. The van der Waals surface area contributed by atoms with Crippen LogP contribution < -0.4 is 4.74 Å². The van der Waals surface area contributed by atoms with Crippen molar-refractivity contribution < 1.29 is 14.6 Å². The molecule has 220 valence electrons. The highest BCUT2D eigenvalue weighted by Gasteiger charge is 2.35. The normalized spacial score (nSPS) is 18.5. The van der Waals surface area contributed by atoms with Gasteiger partial charge in [-0.25, -0.2) is 4.98 Å². The maximum absolute atomic E-state index is 10.8. The Morgan fingerprint density at radius 3 is 2.48 bits per heavy atom. The van der Waals surface area contributed by atoms with Crippen LogP contribution in [0.3, 0.4) is 0 Å². The summed E-state index contributed by atoms with van der Waals surface area (Å²) >= 11 is 0. The van der Waals surface area contributed by atoms with Gasteiger partial charge in [-0.05, 0) is 55.5 Å². The molecule has 0 saturated carbocycles. The molecule has 2 heterocycles. The summed E-state index contributed by atoms with van der Waals surface area (Å²) in [5.74, 6) is 0.768. The minimum Gasteiger partial charge on any atom is -0.497 e. The minimum atomic E-state index is -0.764. The Bertz CT molecular complexity index is 1440. The summed E-state index contributed by atoms with van der Waals surface area (Å²) in [5, 5.41) is 13.5. The molecule has 1 aromatic heterocycles. The SMILES string of the molecule is COc1cccc(C(c2ccc(-c3ncn(CCCCC(=O)O)n3)cc2)N2CC(C)N(Cc3ccccc3)CC2C)c1. The van der Waals surface area contributed by atoms with E-state index in [9.17, 15) is 4.79 Å². The molecule has 1 aliphatic rings. The summed E-state index contributed by atoms with van der Waals surface area (Å²) in [6.45, 7) is 8.21. The zero-order chi connectivity index (χ0) is 29.5. The molecule has 1 N–H and O–H groups in total. The molecule has 0 radical (unpaired) electrons. The molecule has 5 rings (SSSR count). The van der Waals surface area contributed by atoms with Crippen molar-refractivity contribution in [3.63, 3.8) is 0 Å². The van der Waals surface area contributed by atoms with Crippen LogP contribution in [0.15, 0.2) is 85.2 Å². The molecule has 1 fully saturated rings. The number of benzene rings is 3. The number of piperazine rings is 1. The third-order valence-electron chi connectivity index (χ3n) is 8.18. The molecule has 8 nitrogen and oxygen atoms in total. The summed E-state index contributed by atoms with van der Waals surface area (Å²) < 4.78 is 7.40. The fraction of sp³-hybridized carbons (Fsp3) is 0.382. The van der Waals surface area contributed by atoms with Gasteiger partial charge in [0.25, 0.3) is 0 Å². The Labute approximate surface area is 248 Å². The Hall–Kier alpha value is -4.01. The first-order valence-corrected chi connectivity index (χ1v) is 14.8. The van der Waals surface area contributed by atoms with Crippen LogP contribution in [-0.2, 0) is 17.9 Å². The number of ether oxygens (including phenoxy) is 1. The lowest BCUT2D eigenvalue weighted by molar-refractivity contribution is -0.137. The van der Waals surface area contributed by atoms with Crippen LogP contribution in [0.2, 0.25) is 0 Å². The molecule has 8 heteroatoms. The van der Waals surface area contributed by atoms with E-state index in [-0.39, 0.29) is 12.5 Å². The third kappa shape index (κ3) is 7.24. The van der Waals surface area contributed by atoms with E-state index >= 15 is 0 Å². The van der Waals surface area contributed by atoms with E-state index in [0.29, 0.717) is 30.9 Å². The predicted octanol–water partition coefficient (Wildman–Crippen LogP) is 5.89. The third-order valence-corrected chi connectivity index (χ3v) is 8.18. The van der Waals surface area contributed by atoms with Crippen molar-refractivity contribution in [2.45, 2.75) is 64.3 Å². The summed E-state index contributed by atoms with van der Waals surface area (Å²) in [4.78, 5) is 20.5. The zero-order valence-electron chi connectivity index (χ0n) is 24.8. The molecule has 1 aliphatic heterocycles. The van der Waals surface area contributed by atoms with Crippen molar-refractivity contribution in [1.82, 2.24) is 24.6 Å². The molecule has 1 saturated heterocycles. The van der Waals surface area contributed by atoms with Gasteiger partial charge < -0.3 is 9.84 Å². The van der Waals surface area contributed by atoms with Gasteiger partial charge in [0.2, 0.25) is 0 Å². The van der Waals surface area contributed by atoms with Gasteiger partial charge in [0.1, 0.15) is 12.1 Å². The second-order valence-electron chi connectivity index (χ2n) is 11.3. The molecule has 0 amide bonds. The summed E-state index contributed by atoms with van der Waals surface area (Å²) in [6.07, 6.45) is 3.28. The highest BCUT2D eigenvalue weighted by molar-refractivity contribution is 5.66. The molecule has 0 bridgehead atoms. The second kappa shape index (κ2) is 13.8. The molecular weight excluding hydrogens is 526 g/mol. The van der Waals surface area contributed by atoms with Crippen molar-refractivity contribution in [1.29, 1.82) is 0 Å². The largest absolute Gasteiger partial charge is 0.497 e. The Morgan fingerprint density at radius 2 is 1.74 bits per heavy atom. The van der Waals surface area contributed by atoms with Crippen molar-refractivity contribution >= 4 is 5.97 Å². The number of unbranched alkanes of at least 4 members (excludes halogenated alkanes) is 1. The van der Waals surface area contributed by atoms with E-state index in [4.69, 9.17) is 9.84 Å². The summed E-state index contributed by atoms with van der Waals surface area (Å²) in [6, 6.07) is 28.6. The fourth-order valence-electron chi connectivity index (χ4n) is 5.91. The average Bonchev–Trinajstić information content (AvgIpc) is 3.48. The van der Waals surface area contributed by atoms with E-state index in [2.05, 4.69) is 107 Å².